The molecule has 2 heterocycles. The van der Waals surface area contributed by atoms with Crippen LogP contribution < -0.4 is 14.9 Å². The molecule has 0 bridgehead atoms. The summed E-state index contributed by atoms with van der Waals surface area (Å²) in [7, 11) is 0. The van der Waals surface area contributed by atoms with Gasteiger partial charge in [-0.2, -0.15) is 5.10 Å². The number of amides is 1. The number of ether oxygens (including phenoxy) is 2. The minimum Gasteiger partial charge on any atom is -0.486 e. The molecule has 0 saturated heterocycles. The van der Waals surface area contributed by atoms with Crippen molar-refractivity contribution >= 4 is 17.8 Å². The van der Waals surface area contributed by atoms with E-state index in [1.54, 1.807) is 18.2 Å². The van der Waals surface area contributed by atoms with E-state index >= 15 is 0 Å². The average molecular weight is 425 g/mol. The highest BCUT2D eigenvalue weighted by Gasteiger charge is 2.19. The summed E-state index contributed by atoms with van der Waals surface area (Å²) in [6, 6.07) is 11.5. The predicted octanol–water partition coefficient (Wildman–Crippen LogP) is 3.46. The van der Waals surface area contributed by atoms with Gasteiger partial charge in [-0.15, -0.1) is 0 Å². The van der Waals surface area contributed by atoms with E-state index in [9.17, 15) is 19.3 Å². The van der Waals surface area contributed by atoms with Gasteiger partial charge < -0.3 is 13.9 Å². The molecular formula is C21H16FN3O6. The van der Waals surface area contributed by atoms with Gasteiger partial charge in [-0.1, -0.05) is 6.07 Å². The first kappa shape index (κ1) is 20.1. The molecular weight excluding hydrogens is 409 g/mol. The van der Waals surface area contributed by atoms with Gasteiger partial charge >= 0.3 is 0 Å². The minimum atomic E-state index is -0.718. The first-order valence-corrected chi connectivity index (χ1v) is 9.24. The number of nitrogens with zero attached hydrogens (tertiary/aromatic N) is 2. The van der Waals surface area contributed by atoms with Gasteiger partial charge in [0, 0.05) is 0 Å². The number of fused-ring (bicyclic) bond motifs is 1. The number of furan rings is 1. The normalized spacial score (nSPS) is 12.7. The van der Waals surface area contributed by atoms with Crippen LogP contribution in [0, 0.1) is 15.9 Å². The van der Waals surface area contributed by atoms with Crippen molar-refractivity contribution in [3.63, 3.8) is 0 Å². The maximum Gasteiger partial charge on any atom is 0.283 e. The van der Waals surface area contributed by atoms with Crippen LogP contribution in [0.25, 0.3) is 11.3 Å². The molecule has 0 saturated carbocycles. The lowest BCUT2D eigenvalue weighted by Gasteiger charge is -2.18. The summed E-state index contributed by atoms with van der Waals surface area (Å²) in [6.07, 6.45) is 1.35. The monoisotopic (exact) mass is 425 g/mol. The zero-order chi connectivity index (χ0) is 21.8. The van der Waals surface area contributed by atoms with Crippen LogP contribution in [0.3, 0.4) is 0 Å². The van der Waals surface area contributed by atoms with Gasteiger partial charge in [-0.25, -0.2) is 9.82 Å². The van der Waals surface area contributed by atoms with Crippen LogP contribution >= 0.6 is 0 Å². The van der Waals surface area contributed by atoms with E-state index in [2.05, 4.69) is 10.5 Å². The van der Waals surface area contributed by atoms with E-state index in [1.165, 1.54) is 24.4 Å². The number of hydrazone groups is 1. The molecule has 9 nitrogen and oxygen atoms in total. The van der Waals surface area contributed by atoms with Gasteiger partial charge in [-0.3, -0.25) is 14.9 Å². The SMILES string of the molecule is O=C(Cc1ccc2c(c1)OCCO2)N/N=C\c1ccc(-c2ccc(F)cc2[N+](=O)[O-])o1. The van der Waals surface area contributed by atoms with E-state index in [0.717, 1.165) is 17.7 Å². The molecule has 4 rings (SSSR count). The fraction of sp³-hybridized carbons (Fsp3) is 0.143. The quantitative estimate of drug-likeness (QED) is 0.367. The van der Waals surface area contributed by atoms with Crippen molar-refractivity contribution in [3.05, 3.63) is 75.8 Å². The molecule has 31 heavy (non-hydrogen) atoms. The summed E-state index contributed by atoms with van der Waals surface area (Å²) < 4.78 is 29.7. The van der Waals surface area contributed by atoms with Crippen molar-refractivity contribution < 1.29 is 28.0 Å². The fourth-order valence-electron chi connectivity index (χ4n) is 3.02. The van der Waals surface area contributed by atoms with Gasteiger partial charge in [0.15, 0.2) is 11.5 Å². The number of nitrogens with one attached hydrogen (secondary N) is 1. The second-order valence-electron chi connectivity index (χ2n) is 6.57. The molecule has 1 amide bonds. The van der Waals surface area contributed by atoms with Gasteiger partial charge in [-0.05, 0) is 42.0 Å². The molecule has 3 aromatic rings. The molecule has 0 radical (unpaired) electrons. The maximum absolute atomic E-state index is 13.3. The lowest BCUT2D eigenvalue weighted by molar-refractivity contribution is -0.384. The molecule has 0 fully saturated rings. The Morgan fingerprint density at radius 3 is 2.74 bits per heavy atom. The first-order valence-electron chi connectivity index (χ1n) is 9.24. The number of carbonyl (C=O) groups is 1. The number of hydrogen-bond donors (Lipinski definition) is 1. The smallest absolute Gasteiger partial charge is 0.283 e. The van der Waals surface area contributed by atoms with Gasteiger partial charge in [0.25, 0.3) is 5.69 Å². The average Bonchev–Trinajstić information content (AvgIpc) is 3.22. The fourth-order valence-corrected chi connectivity index (χ4v) is 3.02. The third kappa shape index (κ3) is 4.69. The molecule has 0 atom stereocenters. The molecule has 2 aromatic carbocycles. The van der Waals surface area contributed by atoms with Crippen molar-refractivity contribution in [1.29, 1.82) is 0 Å². The van der Waals surface area contributed by atoms with Crippen molar-refractivity contribution in [1.82, 2.24) is 5.43 Å². The Bertz CT molecular complexity index is 1170. The summed E-state index contributed by atoms with van der Waals surface area (Å²) in [6.45, 7) is 0.948. The van der Waals surface area contributed by atoms with Crippen molar-refractivity contribution in [3.8, 4) is 22.8 Å². The zero-order valence-corrected chi connectivity index (χ0v) is 16.0. The van der Waals surface area contributed by atoms with Crippen molar-refractivity contribution in [2.75, 3.05) is 13.2 Å². The molecule has 0 spiro atoms. The summed E-state index contributed by atoms with van der Waals surface area (Å²) in [4.78, 5) is 22.6. The Morgan fingerprint density at radius 1 is 1.13 bits per heavy atom. The summed E-state index contributed by atoms with van der Waals surface area (Å²) >= 11 is 0. The minimum absolute atomic E-state index is 0.0825. The van der Waals surface area contributed by atoms with E-state index in [-0.39, 0.29) is 29.4 Å². The number of hydrogen-bond acceptors (Lipinski definition) is 7. The van der Waals surface area contributed by atoms with Gasteiger partial charge in [0.05, 0.1) is 29.2 Å². The molecule has 1 aliphatic heterocycles. The van der Waals surface area contributed by atoms with Crippen LogP contribution in [0.2, 0.25) is 0 Å². The number of carbonyl (C=O) groups excluding carboxylic acids is 1. The van der Waals surface area contributed by atoms with Crippen LogP contribution in [0.15, 0.2) is 58.0 Å². The van der Waals surface area contributed by atoms with E-state index in [1.807, 2.05) is 0 Å². The van der Waals surface area contributed by atoms with Gasteiger partial charge in [0.2, 0.25) is 5.91 Å². The van der Waals surface area contributed by atoms with Crippen LogP contribution in [0.1, 0.15) is 11.3 Å². The number of benzene rings is 2. The summed E-state index contributed by atoms with van der Waals surface area (Å²) in [5, 5.41) is 15.0. The molecule has 158 valence electrons. The van der Waals surface area contributed by atoms with Crippen molar-refractivity contribution in [2.45, 2.75) is 6.42 Å². The molecule has 1 aliphatic rings. The second kappa shape index (κ2) is 8.66. The Hall–Kier alpha value is -4.21. The van der Waals surface area contributed by atoms with E-state index in [0.29, 0.717) is 24.7 Å². The largest absolute Gasteiger partial charge is 0.486 e. The van der Waals surface area contributed by atoms with Crippen LogP contribution in [0.4, 0.5) is 10.1 Å². The highest BCUT2D eigenvalue weighted by molar-refractivity contribution is 5.82. The Labute approximate surface area is 175 Å². The topological polar surface area (TPSA) is 116 Å². The molecule has 10 heteroatoms. The Kier molecular flexibility index (Phi) is 5.61. The number of rotatable bonds is 6. The van der Waals surface area contributed by atoms with Crippen molar-refractivity contribution in [2.24, 2.45) is 5.10 Å². The third-order valence-corrected chi connectivity index (χ3v) is 4.40. The third-order valence-electron chi connectivity index (χ3n) is 4.40. The molecule has 0 unspecified atom stereocenters. The Morgan fingerprint density at radius 2 is 1.94 bits per heavy atom. The number of halogens is 1. The molecule has 0 aliphatic carbocycles. The summed E-state index contributed by atoms with van der Waals surface area (Å²) in [5.41, 5.74) is 2.84. The van der Waals surface area contributed by atoms with Crippen LogP contribution in [-0.4, -0.2) is 30.3 Å². The number of nitro groups is 1. The standard InChI is InChI=1S/C21H16FN3O6/c22-14-2-4-16(17(11-14)25(27)28)18-6-3-15(31-18)12-23-24-21(26)10-13-1-5-19-20(9-13)30-8-7-29-19/h1-6,9,11-12H,7-8,10H2,(H,24,26)/b23-12-. The maximum atomic E-state index is 13.3. The summed E-state index contributed by atoms with van der Waals surface area (Å²) in [5.74, 6) is 0.601. The van der Waals surface area contributed by atoms with Crippen LogP contribution in [0.5, 0.6) is 11.5 Å². The van der Waals surface area contributed by atoms with E-state index in [4.69, 9.17) is 13.9 Å². The van der Waals surface area contributed by atoms with Crippen LogP contribution in [-0.2, 0) is 11.2 Å². The highest BCUT2D eigenvalue weighted by atomic mass is 19.1. The molecule has 1 N–H and O–H groups in total. The first-order chi connectivity index (χ1) is 15.0. The second-order valence-corrected chi connectivity index (χ2v) is 6.57. The molecule has 1 aromatic heterocycles. The predicted molar refractivity (Wildman–Crippen MR) is 108 cm³/mol. The zero-order valence-electron chi connectivity index (χ0n) is 16.0. The lowest BCUT2D eigenvalue weighted by Crippen LogP contribution is -2.20. The number of nitro benzene ring substituents is 1. The van der Waals surface area contributed by atoms with Gasteiger partial charge in [0.1, 0.15) is 30.6 Å². The lowest BCUT2D eigenvalue weighted by atomic mass is 10.1. The Balaban J connectivity index is 1.39. The highest BCUT2D eigenvalue weighted by Crippen LogP contribution is 2.32. The van der Waals surface area contributed by atoms with E-state index < -0.39 is 16.4 Å².